The number of fused-ring (bicyclic) bond motifs is 1. The van der Waals surface area contributed by atoms with E-state index in [0.717, 1.165) is 84.7 Å². The Morgan fingerprint density at radius 3 is 1.61 bits per heavy atom. The number of benzene rings is 1. The Labute approximate surface area is 560 Å². The van der Waals surface area contributed by atoms with Crippen LogP contribution in [0.3, 0.4) is 0 Å². The number of aliphatic hydroxyl groups is 2. The van der Waals surface area contributed by atoms with E-state index in [4.69, 9.17) is 68.9 Å². The number of hydrogen-bond donors (Lipinski definition) is 4. The van der Waals surface area contributed by atoms with Gasteiger partial charge in [0.25, 0.3) is 28.4 Å². The van der Waals surface area contributed by atoms with E-state index in [-0.39, 0.29) is 102 Å². The molecule has 5 aromatic rings. The molecule has 32 heteroatoms. The van der Waals surface area contributed by atoms with Crippen LogP contribution < -0.4 is 66.7 Å². The van der Waals surface area contributed by atoms with Crippen LogP contribution in [0.4, 0.5) is 4.39 Å². The number of nitrogens with one attached hydrogen (secondary N) is 2. The molecule has 2 aliphatic heterocycles. The van der Waals surface area contributed by atoms with Crippen molar-refractivity contribution in [2.24, 2.45) is 0 Å². The third-order valence-corrected chi connectivity index (χ3v) is 10.9. The van der Waals surface area contributed by atoms with E-state index in [1.54, 1.807) is 75.6 Å². The molecule has 1 saturated heterocycles. The Balaban J connectivity index is -0.00000107. The summed E-state index contributed by atoms with van der Waals surface area (Å²) in [5.74, 6) is 8.71. The Morgan fingerprint density at radius 2 is 1.25 bits per heavy atom. The number of imide groups is 2. The molecule has 1 aromatic carbocycles. The molecule has 0 saturated carbocycles. The van der Waals surface area contributed by atoms with Gasteiger partial charge in [-0.05, 0) is 69.9 Å². The number of amides is 4. The van der Waals surface area contributed by atoms with Gasteiger partial charge in [0, 0.05) is 87.5 Å². The number of rotatable bonds is 21. The zero-order valence-electron chi connectivity index (χ0n) is 49.4. The number of aryl methyl sites for hydroxylation is 3. The predicted molar refractivity (Wildman–Crippen MR) is 314 cm³/mol. The summed E-state index contributed by atoms with van der Waals surface area (Å²) in [6.07, 6.45) is 42.9. The summed E-state index contributed by atoms with van der Waals surface area (Å²) < 4.78 is 71.3. The molecule has 0 radical (unpaired) electrons. The summed E-state index contributed by atoms with van der Waals surface area (Å²) in [6.45, 7) is 4.52. The van der Waals surface area contributed by atoms with Crippen LogP contribution in [-0.2, 0) is 62.3 Å². The van der Waals surface area contributed by atoms with Crippen LogP contribution in [0.1, 0.15) is 115 Å². The first-order valence-electron chi connectivity index (χ1n) is 26.0. The van der Waals surface area contributed by atoms with Crippen molar-refractivity contribution in [1.82, 2.24) is 49.8 Å². The number of nitriles is 1. The van der Waals surface area contributed by atoms with Crippen molar-refractivity contribution in [3.8, 4) is 61.2 Å². The maximum atomic E-state index is 13.0. The number of nitrogens with zero attached hydrogens (tertiary/aromatic N) is 9. The molecule has 0 bridgehead atoms. The van der Waals surface area contributed by atoms with Gasteiger partial charge in [-0.25, -0.2) is 8.42 Å². The number of halogens is 3. The van der Waals surface area contributed by atoms with Crippen LogP contribution in [-0.4, -0.2) is 160 Å². The molecule has 1 atom stereocenters. The minimum atomic E-state index is -3.32. The fraction of sp³-hybridized carbons (Fsp3) is 0.418. The Morgan fingerprint density at radius 1 is 0.805 bits per heavy atom. The van der Waals surface area contributed by atoms with Crippen molar-refractivity contribution in [3.05, 3.63) is 101 Å². The van der Waals surface area contributed by atoms with Crippen molar-refractivity contribution in [2.75, 3.05) is 52.0 Å². The molecule has 4 N–H and O–H groups in total. The number of carbonyl (C=O) groups is 5. The van der Waals surface area contributed by atoms with Gasteiger partial charge in [0.2, 0.25) is 20.9 Å². The normalized spacial score (nSPS) is 12.3. The largest absolute Gasteiger partial charge is 1.00 e. The standard InChI is InChI=1S/C22H20N4O5.C10H14N2O3S.C9H12N2O.C5H4N2.C4H9ClO.C2H3N.CH3ClO2S.CH3F.CH2O3.K/c1-2-14-12-23-25(13-14)10-3-4-11-31-17-7-5-6-15-19(17)22(30)26(21(15)29)16-8-9-18(27)24-20(16)28;1-3-10-8-11-12(9-10)6-4-5-7-15-16(2,13)14;1-2-9-7-10-11(8-9)5-3-4-6-12;1-2-5-3-6-7-4-5;5-3-1-2-4-6;1-2-3;1-5(2,3)4;1-2;2-1-4-3;/h1,5-7,12-13,16H,3-4,8-11H2,(H,24,27,28);1,8-9H,4-7H2,2H3;1,7-8,12H,3-6H2;1,3-4H,(H,6,7);6H,1-4H2;1H3;1H3;1H3;1,3H;/q;;;;;;;;;+1/p-1/i;;;;;;;1D;;. The molecular formula is C55H69Cl2FKN11O15S2. The smallest absolute Gasteiger partial charge is 0.662 e. The van der Waals surface area contributed by atoms with E-state index >= 15 is 0 Å². The number of aromatic nitrogens is 8. The fourth-order valence-electron chi connectivity index (χ4n) is 6.35. The number of carbonyl (C=O) groups excluding carboxylic acids is 5. The molecule has 4 amide bonds. The summed E-state index contributed by atoms with van der Waals surface area (Å²) in [5.41, 5.74) is 3.42. The van der Waals surface area contributed by atoms with Crippen LogP contribution in [0.25, 0.3) is 0 Å². The second-order valence-corrected chi connectivity index (χ2v) is 21.7. The van der Waals surface area contributed by atoms with Crippen molar-refractivity contribution >= 4 is 71.6 Å². The van der Waals surface area contributed by atoms with Gasteiger partial charge >= 0.3 is 51.4 Å². The molecule has 26 nitrogen and oxygen atoms in total. The number of aliphatic hydroxyl groups excluding tert-OH is 2. The van der Waals surface area contributed by atoms with Gasteiger partial charge in [0.1, 0.15) is 11.8 Å². The second-order valence-electron chi connectivity index (χ2n) is 16.6. The number of unbranched alkanes of at least 4 members (excludes halogenated alkanes) is 4. The van der Waals surface area contributed by atoms with E-state index < -0.39 is 56.0 Å². The van der Waals surface area contributed by atoms with Gasteiger partial charge in [-0.3, -0.25) is 61.9 Å². The minimum absolute atomic E-state index is 0. The Kier molecular flexibility index (Phi) is 48.5. The number of aromatic amines is 1. The molecule has 4 aromatic heterocycles. The van der Waals surface area contributed by atoms with E-state index in [1.807, 2.05) is 6.20 Å². The zero-order valence-corrected chi connectivity index (χ0v) is 54.7. The number of terminal acetylenes is 4. The molecule has 0 spiro atoms. The van der Waals surface area contributed by atoms with Crippen molar-refractivity contribution < 1.29 is 127 Å². The van der Waals surface area contributed by atoms with Crippen molar-refractivity contribution in [3.63, 3.8) is 0 Å². The molecule has 7 rings (SSSR count). The molecule has 0 aliphatic carbocycles. The maximum absolute atomic E-state index is 13.0. The quantitative estimate of drug-likeness (QED) is 0.00743. The molecule has 1 unspecified atom stereocenters. The first kappa shape index (κ1) is 82.3. The van der Waals surface area contributed by atoms with Crippen LogP contribution >= 0.6 is 22.3 Å². The van der Waals surface area contributed by atoms with Crippen molar-refractivity contribution in [1.29, 1.82) is 5.26 Å². The number of hydrogen-bond acceptors (Lipinski definition) is 20. The molecule has 6 heterocycles. The van der Waals surface area contributed by atoms with Crippen LogP contribution in [0.15, 0.2) is 67.8 Å². The van der Waals surface area contributed by atoms with Gasteiger partial charge in [-0.1, -0.05) is 29.7 Å². The van der Waals surface area contributed by atoms with Crippen molar-refractivity contribution in [2.45, 2.75) is 96.8 Å². The molecule has 1 fully saturated rings. The fourth-order valence-corrected chi connectivity index (χ4v) is 6.96. The van der Waals surface area contributed by atoms with Crippen LogP contribution in [0.2, 0.25) is 0 Å². The zero-order chi connectivity index (χ0) is 66.1. The number of H-pyrrole nitrogens is 1. The monoisotopic (exact) mass is 1320 g/mol. The van der Waals surface area contributed by atoms with Crippen LogP contribution in [0.5, 0.6) is 5.75 Å². The number of alkyl halides is 2. The Hall–Kier alpha value is -6.77. The van der Waals surface area contributed by atoms with Crippen LogP contribution in [0, 0.1) is 60.7 Å². The van der Waals surface area contributed by atoms with E-state index in [9.17, 15) is 40.4 Å². The average Bonchev–Trinajstić information content (AvgIpc) is 4.54. The predicted octanol–water partition coefficient (Wildman–Crippen LogP) is 0.510. The summed E-state index contributed by atoms with van der Waals surface area (Å²) in [5, 5.41) is 53.1. The summed E-state index contributed by atoms with van der Waals surface area (Å²) in [7, 11) is -3.01. The van der Waals surface area contributed by atoms with Gasteiger partial charge in [0.05, 0.1) is 98.5 Å². The van der Waals surface area contributed by atoms with Gasteiger partial charge < -0.3 is 25.1 Å². The molecule has 2 aliphatic rings. The summed E-state index contributed by atoms with van der Waals surface area (Å²) in [4.78, 5) is 61.5. The topological polar surface area (TPSA) is 366 Å². The number of piperidine rings is 1. The Bertz CT molecular complexity index is 3250. The summed E-state index contributed by atoms with van der Waals surface area (Å²) >= 11 is 5.27. The first-order chi connectivity index (χ1) is 41.5. The van der Waals surface area contributed by atoms with Gasteiger partial charge in [-0.15, -0.1) is 37.3 Å². The van der Waals surface area contributed by atoms with Gasteiger partial charge in [0.15, 0.2) is 0 Å². The second kappa shape index (κ2) is 51.3. The van der Waals surface area contributed by atoms with Gasteiger partial charge in [-0.2, -0.15) is 34.1 Å². The molecule has 87 heavy (non-hydrogen) atoms. The van der Waals surface area contributed by atoms with E-state index in [0.29, 0.717) is 44.2 Å². The SMILES string of the molecule is C#Cc1cn[nH]c1.C#Cc1cnn(CCCCO)c1.C#Cc1cnn(CCCCOS(C)(=O)=O)c1.C#Cc1cnn(CCCCOc2cccc3c2C(=O)N(C2CCC(=O)NC2=O)C3=O)c1.CC#N.CS(=O)(=O)Cl.O=CO[O-].OCCCCCl.[2H]CF.[K+]. The summed E-state index contributed by atoms with van der Waals surface area (Å²) in [6, 6.07) is 5.55. The molecular weight excluding hydrogens is 1250 g/mol. The van der Waals surface area contributed by atoms with E-state index in [1.165, 1.54) is 13.0 Å². The third kappa shape index (κ3) is 40.3. The minimum Gasteiger partial charge on any atom is -0.662 e. The molecule has 468 valence electrons. The van der Waals surface area contributed by atoms with E-state index in [2.05, 4.69) is 74.2 Å². The third-order valence-electron chi connectivity index (χ3n) is 9.99. The first-order valence-corrected chi connectivity index (χ1v) is 30.3. The number of ether oxygens (including phenoxy) is 1. The average molecular weight is 1320 g/mol. The maximum Gasteiger partial charge on any atom is 1.00 e.